The summed E-state index contributed by atoms with van der Waals surface area (Å²) in [4.78, 5) is 10.3. The minimum Gasteiger partial charge on any atom is -0.391 e. The molecule has 0 bridgehead atoms. The second kappa shape index (κ2) is 6.73. The van der Waals surface area contributed by atoms with Gasteiger partial charge in [-0.15, -0.1) is 0 Å². The van der Waals surface area contributed by atoms with E-state index in [4.69, 9.17) is 17.3 Å². The number of aliphatic hydroxyl groups excluding tert-OH is 1. The van der Waals surface area contributed by atoms with Gasteiger partial charge in [0.15, 0.2) is 0 Å². The van der Waals surface area contributed by atoms with Crippen LogP contribution in [0, 0.1) is 0 Å². The molecule has 0 radical (unpaired) electrons. The van der Waals surface area contributed by atoms with Gasteiger partial charge in [0, 0.05) is 16.1 Å². The quantitative estimate of drug-likeness (QED) is 0.795. The van der Waals surface area contributed by atoms with E-state index in [0.717, 1.165) is 29.1 Å². The highest BCUT2D eigenvalue weighted by Gasteiger charge is 2.26. The van der Waals surface area contributed by atoms with E-state index >= 15 is 0 Å². The van der Waals surface area contributed by atoms with Gasteiger partial charge in [-0.25, -0.2) is 4.98 Å². The molecule has 0 spiro atoms. The van der Waals surface area contributed by atoms with Crippen molar-refractivity contribution in [1.82, 2.24) is 9.97 Å². The number of aliphatic hydroxyl groups is 1. The second-order valence-corrected chi connectivity index (χ2v) is 6.80. The van der Waals surface area contributed by atoms with Gasteiger partial charge in [-0.3, -0.25) is 0 Å². The van der Waals surface area contributed by atoms with Crippen molar-refractivity contribution in [2.45, 2.75) is 41.2 Å². The lowest BCUT2D eigenvalue weighted by Crippen LogP contribution is -2.28. The van der Waals surface area contributed by atoms with Crippen LogP contribution >= 0.6 is 23.4 Å². The summed E-state index contributed by atoms with van der Waals surface area (Å²) < 4.78 is 0. The molecule has 2 aromatic rings. The molecular formula is C15H17ClN4OS. The highest BCUT2D eigenvalue weighted by atomic mass is 35.5. The molecule has 1 saturated carbocycles. The molecule has 4 N–H and O–H groups in total. The van der Waals surface area contributed by atoms with Gasteiger partial charge in [0.2, 0.25) is 5.95 Å². The number of anilines is 2. The van der Waals surface area contributed by atoms with Crippen molar-refractivity contribution in [3.8, 4) is 0 Å². The van der Waals surface area contributed by atoms with E-state index < -0.39 is 0 Å². The van der Waals surface area contributed by atoms with Crippen molar-refractivity contribution in [3.05, 3.63) is 35.5 Å². The zero-order chi connectivity index (χ0) is 15.5. The molecule has 0 saturated heterocycles. The number of hydrogen-bond acceptors (Lipinski definition) is 6. The third-order valence-corrected chi connectivity index (χ3v) is 4.90. The molecule has 1 fully saturated rings. The second-order valence-electron chi connectivity index (χ2n) is 5.25. The maximum atomic E-state index is 9.97. The van der Waals surface area contributed by atoms with Gasteiger partial charge in [-0.2, -0.15) is 4.98 Å². The number of nitrogens with zero attached hydrogens (tertiary/aromatic N) is 2. The molecule has 5 nitrogen and oxygen atoms in total. The van der Waals surface area contributed by atoms with Crippen LogP contribution in [-0.2, 0) is 0 Å². The van der Waals surface area contributed by atoms with Crippen LogP contribution < -0.4 is 11.1 Å². The van der Waals surface area contributed by atoms with E-state index in [0.29, 0.717) is 10.8 Å². The summed E-state index contributed by atoms with van der Waals surface area (Å²) in [5.41, 5.74) is 5.70. The molecule has 2 atom stereocenters. The molecule has 1 aromatic heterocycles. The molecule has 7 heteroatoms. The average molecular weight is 337 g/mol. The highest BCUT2D eigenvalue weighted by molar-refractivity contribution is 7.99. The monoisotopic (exact) mass is 336 g/mol. The van der Waals surface area contributed by atoms with Crippen molar-refractivity contribution in [1.29, 1.82) is 0 Å². The smallest absolute Gasteiger partial charge is 0.221 e. The summed E-state index contributed by atoms with van der Waals surface area (Å²) in [6.45, 7) is 0. The van der Waals surface area contributed by atoms with Gasteiger partial charge < -0.3 is 16.2 Å². The van der Waals surface area contributed by atoms with Crippen molar-refractivity contribution in [3.63, 3.8) is 0 Å². The highest BCUT2D eigenvalue weighted by Crippen LogP contribution is 2.34. The number of nitrogens with one attached hydrogen (secondary N) is 1. The Hall–Kier alpha value is -1.50. The maximum Gasteiger partial charge on any atom is 0.221 e. The van der Waals surface area contributed by atoms with E-state index in [-0.39, 0.29) is 18.1 Å². The molecule has 0 unspecified atom stereocenters. The Morgan fingerprint density at radius 2 is 2.05 bits per heavy atom. The fourth-order valence-corrected chi connectivity index (χ4v) is 3.44. The first-order valence-electron chi connectivity index (χ1n) is 7.12. The Morgan fingerprint density at radius 1 is 1.27 bits per heavy atom. The number of hydrogen-bond donors (Lipinski definition) is 3. The molecule has 1 aliphatic rings. The zero-order valence-electron chi connectivity index (χ0n) is 11.9. The zero-order valence-corrected chi connectivity index (χ0v) is 13.4. The molecule has 116 valence electrons. The SMILES string of the molecule is Nc1ncc(Sc2ccc(Cl)cc2)c(N[C@@H]2CCC[C@H]2O)n1. The fraction of sp³-hybridized carbons (Fsp3) is 0.333. The number of halogens is 1. The third-order valence-electron chi connectivity index (χ3n) is 3.62. The minimum atomic E-state index is -0.343. The van der Waals surface area contributed by atoms with Crippen LogP contribution in [0.3, 0.4) is 0 Å². The molecule has 1 aliphatic carbocycles. The first kappa shape index (κ1) is 15.4. The summed E-state index contributed by atoms with van der Waals surface area (Å²) in [5.74, 6) is 0.883. The molecule has 0 amide bonds. The minimum absolute atomic E-state index is 0.0128. The predicted molar refractivity (Wildman–Crippen MR) is 89.3 cm³/mol. The van der Waals surface area contributed by atoms with Crippen LogP contribution in [-0.4, -0.2) is 27.2 Å². The van der Waals surface area contributed by atoms with Crippen LogP contribution in [0.1, 0.15) is 19.3 Å². The van der Waals surface area contributed by atoms with Crippen LogP contribution in [0.5, 0.6) is 0 Å². The third kappa shape index (κ3) is 3.63. The number of nitrogens with two attached hydrogens (primary N) is 1. The Labute approximate surface area is 138 Å². The number of rotatable bonds is 4. The first-order valence-corrected chi connectivity index (χ1v) is 8.32. The van der Waals surface area contributed by atoms with Crippen LogP contribution in [0.15, 0.2) is 40.3 Å². The fourth-order valence-electron chi connectivity index (χ4n) is 2.48. The Bertz CT molecular complexity index is 652. The van der Waals surface area contributed by atoms with Crippen molar-refractivity contribution in [2.24, 2.45) is 0 Å². The standard InChI is InChI=1S/C15H17ClN4OS/c16-9-4-6-10(7-5-9)22-13-8-18-15(17)20-14(13)19-11-2-1-3-12(11)21/h4-8,11-12,21H,1-3H2,(H3,17,18,19,20)/t11-,12-/m1/s1. The Balaban J connectivity index is 1.82. The van der Waals surface area contributed by atoms with E-state index in [1.807, 2.05) is 24.3 Å². The first-order chi connectivity index (χ1) is 10.6. The largest absolute Gasteiger partial charge is 0.391 e. The lowest BCUT2D eigenvalue weighted by atomic mass is 10.2. The summed E-state index contributed by atoms with van der Waals surface area (Å²) >= 11 is 7.44. The van der Waals surface area contributed by atoms with Gasteiger partial charge in [0.25, 0.3) is 0 Å². The molecular weight excluding hydrogens is 320 g/mol. The van der Waals surface area contributed by atoms with Crippen molar-refractivity contribution in [2.75, 3.05) is 11.1 Å². The van der Waals surface area contributed by atoms with Crippen LogP contribution in [0.25, 0.3) is 0 Å². The van der Waals surface area contributed by atoms with Crippen LogP contribution in [0.2, 0.25) is 5.02 Å². The van der Waals surface area contributed by atoms with E-state index in [2.05, 4.69) is 15.3 Å². The number of nitrogen functional groups attached to an aromatic ring is 1. The van der Waals surface area contributed by atoms with Gasteiger partial charge in [0.05, 0.1) is 17.0 Å². The number of benzene rings is 1. The van der Waals surface area contributed by atoms with E-state index in [1.165, 1.54) is 11.8 Å². The van der Waals surface area contributed by atoms with E-state index in [1.54, 1.807) is 6.20 Å². The Kier molecular flexibility index (Phi) is 4.71. The van der Waals surface area contributed by atoms with Crippen molar-refractivity contribution >= 4 is 35.1 Å². The summed E-state index contributed by atoms with van der Waals surface area (Å²) in [6, 6.07) is 7.58. The molecule has 3 rings (SSSR count). The molecule has 22 heavy (non-hydrogen) atoms. The lowest BCUT2D eigenvalue weighted by molar-refractivity contribution is 0.171. The molecule has 0 aliphatic heterocycles. The molecule has 1 aromatic carbocycles. The van der Waals surface area contributed by atoms with Crippen molar-refractivity contribution < 1.29 is 5.11 Å². The van der Waals surface area contributed by atoms with Gasteiger partial charge in [-0.05, 0) is 43.5 Å². The van der Waals surface area contributed by atoms with Crippen LogP contribution in [0.4, 0.5) is 11.8 Å². The maximum absolute atomic E-state index is 9.97. The lowest BCUT2D eigenvalue weighted by Gasteiger charge is -2.19. The summed E-state index contributed by atoms with van der Waals surface area (Å²) in [5, 5.41) is 14.0. The number of aromatic nitrogens is 2. The molecule has 1 heterocycles. The summed E-state index contributed by atoms with van der Waals surface area (Å²) in [7, 11) is 0. The summed E-state index contributed by atoms with van der Waals surface area (Å²) in [6.07, 6.45) is 4.11. The predicted octanol–water partition coefficient (Wildman–Crippen LogP) is 3.19. The van der Waals surface area contributed by atoms with Gasteiger partial charge >= 0.3 is 0 Å². The Morgan fingerprint density at radius 3 is 2.73 bits per heavy atom. The van der Waals surface area contributed by atoms with E-state index in [9.17, 15) is 5.11 Å². The topological polar surface area (TPSA) is 84.1 Å². The van der Waals surface area contributed by atoms with Gasteiger partial charge in [0.1, 0.15) is 5.82 Å². The van der Waals surface area contributed by atoms with Gasteiger partial charge in [-0.1, -0.05) is 23.4 Å². The average Bonchev–Trinajstić information content (AvgIpc) is 2.89. The normalized spacial score (nSPS) is 21.0.